The molecule has 1 unspecified atom stereocenters. The predicted octanol–water partition coefficient (Wildman–Crippen LogP) is 4.40. The van der Waals surface area contributed by atoms with Crippen molar-refractivity contribution in [2.75, 3.05) is 0 Å². The highest BCUT2D eigenvalue weighted by molar-refractivity contribution is 5.91. The number of amides is 1. The van der Waals surface area contributed by atoms with E-state index in [1.54, 1.807) is 23.0 Å². The van der Waals surface area contributed by atoms with Crippen molar-refractivity contribution in [3.05, 3.63) is 90.3 Å². The van der Waals surface area contributed by atoms with Gasteiger partial charge in [-0.15, -0.1) is 0 Å². The van der Waals surface area contributed by atoms with E-state index in [9.17, 15) is 4.79 Å². The minimum Gasteiger partial charge on any atom is -0.345 e. The lowest BCUT2D eigenvalue weighted by molar-refractivity contribution is -0.117. The van der Waals surface area contributed by atoms with Crippen molar-refractivity contribution in [1.82, 2.24) is 15.1 Å². The van der Waals surface area contributed by atoms with Gasteiger partial charge in [0.1, 0.15) is 0 Å². The van der Waals surface area contributed by atoms with Gasteiger partial charge in [0.25, 0.3) is 0 Å². The Hall–Kier alpha value is -3.14. The standard InChI is InChI=1S/C22H23N3O/c1-17(2)22(19-9-5-3-6-10-19)24-21(26)14-13-18-15-23-25(16-18)20-11-7-4-8-12-20/h3-17,22H,1-2H3,(H,24,26)/b14-13+. The Morgan fingerprint density at radius 3 is 2.35 bits per heavy atom. The molecule has 1 amide bonds. The van der Waals surface area contributed by atoms with Gasteiger partial charge in [-0.25, -0.2) is 4.68 Å². The van der Waals surface area contributed by atoms with E-state index in [4.69, 9.17) is 0 Å². The monoisotopic (exact) mass is 345 g/mol. The molecular weight excluding hydrogens is 322 g/mol. The molecule has 0 aliphatic rings. The SMILES string of the molecule is CC(C)C(NC(=O)/C=C/c1cnn(-c2ccccc2)c1)c1ccccc1. The second kappa shape index (κ2) is 8.30. The van der Waals surface area contributed by atoms with Crippen LogP contribution in [0.25, 0.3) is 11.8 Å². The third-order valence-electron chi connectivity index (χ3n) is 4.17. The molecular formula is C22H23N3O. The van der Waals surface area contributed by atoms with E-state index in [1.807, 2.05) is 66.9 Å². The molecule has 0 saturated carbocycles. The molecule has 0 bridgehead atoms. The normalized spacial score (nSPS) is 12.4. The van der Waals surface area contributed by atoms with Crippen LogP contribution >= 0.6 is 0 Å². The first-order valence-electron chi connectivity index (χ1n) is 8.77. The van der Waals surface area contributed by atoms with Crippen LogP contribution in [0, 0.1) is 5.92 Å². The molecule has 1 atom stereocenters. The number of nitrogens with one attached hydrogen (secondary N) is 1. The van der Waals surface area contributed by atoms with Gasteiger partial charge in [0.05, 0.1) is 17.9 Å². The van der Waals surface area contributed by atoms with Gasteiger partial charge in [0.15, 0.2) is 0 Å². The summed E-state index contributed by atoms with van der Waals surface area (Å²) in [4.78, 5) is 12.4. The van der Waals surface area contributed by atoms with Gasteiger partial charge in [-0.05, 0) is 29.7 Å². The van der Waals surface area contributed by atoms with Crippen LogP contribution in [-0.4, -0.2) is 15.7 Å². The molecule has 1 heterocycles. The lowest BCUT2D eigenvalue weighted by Gasteiger charge is -2.22. The molecule has 0 aliphatic heterocycles. The zero-order valence-corrected chi connectivity index (χ0v) is 15.0. The third-order valence-corrected chi connectivity index (χ3v) is 4.17. The topological polar surface area (TPSA) is 46.9 Å². The molecule has 26 heavy (non-hydrogen) atoms. The zero-order valence-electron chi connectivity index (χ0n) is 15.0. The fourth-order valence-corrected chi connectivity index (χ4v) is 2.81. The van der Waals surface area contributed by atoms with E-state index in [0.717, 1.165) is 16.8 Å². The van der Waals surface area contributed by atoms with Gasteiger partial charge >= 0.3 is 0 Å². The Morgan fingerprint density at radius 1 is 1.04 bits per heavy atom. The summed E-state index contributed by atoms with van der Waals surface area (Å²) < 4.78 is 1.79. The van der Waals surface area contributed by atoms with Crippen LogP contribution < -0.4 is 5.32 Å². The molecule has 0 spiro atoms. The second-order valence-corrected chi connectivity index (χ2v) is 6.53. The van der Waals surface area contributed by atoms with E-state index < -0.39 is 0 Å². The Kier molecular flexibility index (Phi) is 5.64. The molecule has 3 aromatic rings. The van der Waals surface area contributed by atoms with Crippen LogP contribution in [0.3, 0.4) is 0 Å². The number of aromatic nitrogens is 2. The van der Waals surface area contributed by atoms with Crippen molar-refractivity contribution >= 4 is 12.0 Å². The highest BCUT2D eigenvalue weighted by atomic mass is 16.1. The van der Waals surface area contributed by atoms with Crippen molar-refractivity contribution in [3.8, 4) is 5.69 Å². The summed E-state index contributed by atoms with van der Waals surface area (Å²) in [5.74, 6) is 0.190. The van der Waals surface area contributed by atoms with Crippen LogP contribution in [0.4, 0.5) is 0 Å². The molecule has 0 saturated heterocycles. The fourth-order valence-electron chi connectivity index (χ4n) is 2.81. The van der Waals surface area contributed by atoms with Crippen molar-refractivity contribution in [1.29, 1.82) is 0 Å². The van der Waals surface area contributed by atoms with Gasteiger partial charge in [0, 0.05) is 17.8 Å². The molecule has 0 fully saturated rings. The van der Waals surface area contributed by atoms with E-state index >= 15 is 0 Å². The number of hydrogen-bond acceptors (Lipinski definition) is 2. The van der Waals surface area contributed by atoms with Crippen molar-refractivity contribution in [3.63, 3.8) is 0 Å². The maximum atomic E-state index is 12.4. The summed E-state index contributed by atoms with van der Waals surface area (Å²) in [6.07, 6.45) is 6.99. The Morgan fingerprint density at radius 2 is 1.69 bits per heavy atom. The van der Waals surface area contributed by atoms with Crippen LogP contribution in [-0.2, 0) is 4.79 Å². The quantitative estimate of drug-likeness (QED) is 0.673. The van der Waals surface area contributed by atoms with E-state index in [1.165, 1.54) is 0 Å². The van der Waals surface area contributed by atoms with Crippen LogP contribution in [0.15, 0.2) is 79.1 Å². The Bertz CT molecular complexity index is 867. The molecule has 1 aromatic heterocycles. The largest absolute Gasteiger partial charge is 0.345 e. The average Bonchev–Trinajstić information content (AvgIpc) is 3.15. The highest BCUT2D eigenvalue weighted by Gasteiger charge is 2.16. The van der Waals surface area contributed by atoms with E-state index in [2.05, 4.69) is 24.3 Å². The Labute approximate surface area is 154 Å². The smallest absolute Gasteiger partial charge is 0.244 e. The molecule has 132 valence electrons. The fraction of sp³-hybridized carbons (Fsp3) is 0.182. The van der Waals surface area contributed by atoms with Gasteiger partial charge < -0.3 is 5.32 Å². The molecule has 2 aromatic carbocycles. The van der Waals surface area contributed by atoms with Gasteiger partial charge in [-0.1, -0.05) is 62.4 Å². The maximum absolute atomic E-state index is 12.4. The first-order valence-corrected chi connectivity index (χ1v) is 8.77. The summed E-state index contributed by atoms with van der Waals surface area (Å²) >= 11 is 0. The predicted molar refractivity (Wildman–Crippen MR) is 105 cm³/mol. The molecule has 4 nitrogen and oxygen atoms in total. The van der Waals surface area contributed by atoms with Gasteiger partial charge in [-0.2, -0.15) is 5.10 Å². The number of hydrogen-bond donors (Lipinski definition) is 1. The minimum absolute atomic E-state index is 0.0135. The first kappa shape index (κ1) is 17.7. The summed E-state index contributed by atoms with van der Waals surface area (Å²) in [6, 6.07) is 19.9. The lowest BCUT2D eigenvalue weighted by Crippen LogP contribution is -2.30. The number of carbonyl (C=O) groups excluding carboxylic acids is 1. The van der Waals surface area contributed by atoms with E-state index in [-0.39, 0.29) is 11.9 Å². The summed E-state index contributed by atoms with van der Waals surface area (Å²) in [5, 5.41) is 7.42. The van der Waals surface area contributed by atoms with Crippen molar-refractivity contribution in [2.24, 2.45) is 5.92 Å². The van der Waals surface area contributed by atoms with Gasteiger partial charge in [0.2, 0.25) is 5.91 Å². The molecule has 0 aliphatic carbocycles. The van der Waals surface area contributed by atoms with Gasteiger partial charge in [-0.3, -0.25) is 4.79 Å². The van der Waals surface area contributed by atoms with Crippen LogP contribution in [0.2, 0.25) is 0 Å². The third kappa shape index (κ3) is 4.48. The maximum Gasteiger partial charge on any atom is 0.244 e. The van der Waals surface area contributed by atoms with Crippen molar-refractivity contribution in [2.45, 2.75) is 19.9 Å². The van der Waals surface area contributed by atoms with Crippen LogP contribution in [0.1, 0.15) is 31.0 Å². The van der Waals surface area contributed by atoms with Crippen molar-refractivity contribution < 1.29 is 4.79 Å². The first-order chi connectivity index (χ1) is 12.6. The molecule has 0 radical (unpaired) electrons. The number of rotatable bonds is 6. The Balaban J connectivity index is 1.67. The molecule has 3 rings (SSSR count). The summed E-state index contributed by atoms with van der Waals surface area (Å²) in [5.41, 5.74) is 2.98. The average molecular weight is 345 g/mol. The number of benzene rings is 2. The minimum atomic E-state index is -0.111. The lowest BCUT2D eigenvalue weighted by atomic mass is 9.96. The second-order valence-electron chi connectivity index (χ2n) is 6.53. The summed E-state index contributed by atoms with van der Waals surface area (Å²) in [6.45, 7) is 4.21. The van der Waals surface area contributed by atoms with E-state index in [0.29, 0.717) is 5.92 Å². The highest BCUT2D eigenvalue weighted by Crippen LogP contribution is 2.21. The number of nitrogens with zero attached hydrogens (tertiary/aromatic N) is 2. The number of para-hydroxylation sites is 1. The number of carbonyl (C=O) groups is 1. The zero-order chi connectivity index (χ0) is 18.4. The summed E-state index contributed by atoms with van der Waals surface area (Å²) in [7, 11) is 0. The van der Waals surface area contributed by atoms with Crippen LogP contribution in [0.5, 0.6) is 0 Å². The molecule has 1 N–H and O–H groups in total. The molecule has 4 heteroatoms.